The molecule has 0 saturated heterocycles. The molecule has 1 aromatic carbocycles. The van der Waals surface area contributed by atoms with E-state index >= 15 is 0 Å². The molecule has 1 aliphatic heterocycles. The van der Waals surface area contributed by atoms with Gasteiger partial charge in [-0.1, -0.05) is 12.1 Å². The summed E-state index contributed by atoms with van der Waals surface area (Å²) in [4.78, 5) is 14.9. The molecule has 1 aliphatic rings. The first-order valence-corrected chi connectivity index (χ1v) is 6.38. The van der Waals surface area contributed by atoms with Crippen LogP contribution in [0.15, 0.2) is 35.7 Å². The molecule has 2 heterocycles. The van der Waals surface area contributed by atoms with Crippen molar-refractivity contribution in [2.45, 2.75) is 6.42 Å². The van der Waals surface area contributed by atoms with Gasteiger partial charge in [0.15, 0.2) is 0 Å². The van der Waals surface area contributed by atoms with Gasteiger partial charge in [-0.2, -0.15) is 0 Å². The molecule has 0 saturated carbocycles. The Balaban J connectivity index is 1.99. The number of thiophene rings is 1. The van der Waals surface area contributed by atoms with Crippen molar-refractivity contribution in [1.82, 2.24) is 0 Å². The second kappa shape index (κ2) is 3.89. The third-order valence-electron chi connectivity index (χ3n) is 3.04. The third-order valence-corrected chi connectivity index (χ3v) is 3.90. The fraction of sp³-hybridized carbons (Fsp3) is 0.154. The molecule has 3 nitrogen and oxygen atoms in total. The van der Waals surface area contributed by atoms with Crippen LogP contribution in [-0.2, 0) is 6.42 Å². The lowest BCUT2D eigenvalue weighted by Crippen LogP contribution is -2.28. The van der Waals surface area contributed by atoms with E-state index in [4.69, 9.17) is 5.73 Å². The van der Waals surface area contributed by atoms with E-state index in [0.717, 1.165) is 34.8 Å². The van der Waals surface area contributed by atoms with Crippen molar-refractivity contribution in [2.75, 3.05) is 17.2 Å². The average Bonchev–Trinajstić information content (AvgIpc) is 2.98. The molecule has 2 N–H and O–H groups in total. The van der Waals surface area contributed by atoms with Gasteiger partial charge < -0.3 is 10.6 Å². The summed E-state index contributed by atoms with van der Waals surface area (Å²) in [5.41, 5.74) is 8.76. The van der Waals surface area contributed by atoms with Gasteiger partial charge in [-0.3, -0.25) is 4.79 Å². The van der Waals surface area contributed by atoms with E-state index in [2.05, 4.69) is 0 Å². The number of fused-ring (bicyclic) bond motifs is 1. The van der Waals surface area contributed by atoms with Gasteiger partial charge in [0.2, 0.25) is 0 Å². The van der Waals surface area contributed by atoms with Crippen LogP contribution < -0.4 is 10.6 Å². The number of carbonyl (C=O) groups excluding carboxylic acids is 1. The lowest BCUT2D eigenvalue weighted by atomic mass is 10.1. The summed E-state index contributed by atoms with van der Waals surface area (Å²) in [7, 11) is 0. The maximum Gasteiger partial charge on any atom is 0.268 e. The highest BCUT2D eigenvalue weighted by atomic mass is 32.1. The SMILES string of the molecule is Nc1cccc2c1CCN2C(=O)c1cccs1. The minimum Gasteiger partial charge on any atom is -0.398 e. The van der Waals surface area contributed by atoms with Gasteiger partial charge in [0.1, 0.15) is 0 Å². The Morgan fingerprint density at radius 1 is 1.29 bits per heavy atom. The highest BCUT2D eigenvalue weighted by molar-refractivity contribution is 7.12. The lowest BCUT2D eigenvalue weighted by molar-refractivity contribution is 0.0993. The van der Waals surface area contributed by atoms with Crippen LogP contribution in [0.4, 0.5) is 11.4 Å². The number of nitrogens with zero attached hydrogens (tertiary/aromatic N) is 1. The van der Waals surface area contributed by atoms with E-state index in [0.29, 0.717) is 0 Å². The Labute approximate surface area is 103 Å². The predicted molar refractivity (Wildman–Crippen MR) is 70.6 cm³/mol. The Morgan fingerprint density at radius 2 is 2.18 bits per heavy atom. The molecule has 0 bridgehead atoms. The van der Waals surface area contributed by atoms with Gasteiger partial charge in [-0.05, 0) is 30.0 Å². The summed E-state index contributed by atoms with van der Waals surface area (Å²) < 4.78 is 0. The Bertz CT molecular complexity index is 563. The number of nitrogens with two attached hydrogens (primary N) is 1. The van der Waals surface area contributed by atoms with Crippen LogP contribution in [0, 0.1) is 0 Å². The monoisotopic (exact) mass is 244 g/mol. The van der Waals surface area contributed by atoms with E-state index in [1.807, 2.05) is 40.6 Å². The van der Waals surface area contributed by atoms with Crippen LogP contribution in [-0.4, -0.2) is 12.5 Å². The normalized spacial score (nSPS) is 13.8. The van der Waals surface area contributed by atoms with Gasteiger partial charge in [0, 0.05) is 23.5 Å². The maximum absolute atomic E-state index is 12.3. The highest BCUT2D eigenvalue weighted by Gasteiger charge is 2.26. The summed E-state index contributed by atoms with van der Waals surface area (Å²) in [5, 5.41) is 1.92. The first-order valence-electron chi connectivity index (χ1n) is 5.50. The fourth-order valence-electron chi connectivity index (χ4n) is 2.21. The molecule has 2 aromatic rings. The summed E-state index contributed by atoms with van der Waals surface area (Å²) in [6.07, 6.45) is 0.846. The molecule has 1 aromatic heterocycles. The minimum absolute atomic E-state index is 0.0735. The van der Waals surface area contributed by atoms with Gasteiger partial charge in [0.25, 0.3) is 5.91 Å². The van der Waals surface area contributed by atoms with Crippen LogP contribution in [0.5, 0.6) is 0 Å². The molecular weight excluding hydrogens is 232 g/mol. The van der Waals surface area contributed by atoms with Crippen LogP contribution in [0.1, 0.15) is 15.2 Å². The summed E-state index contributed by atoms with van der Waals surface area (Å²) in [6, 6.07) is 9.50. The zero-order valence-corrected chi connectivity index (χ0v) is 10.0. The number of anilines is 2. The molecular formula is C13H12N2OS. The number of hydrogen-bond donors (Lipinski definition) is 1. The molecule has 0 radical (unpaired) electrons. The Kier molecular flexibility index (Phi) is 2.37. The van der Waals surface area contributed by atoms with Crippen molar-refractivity contribution in [3.8, 4) is 0 Å². The standard InChI is InChI=1S/C13H12N2OS/c14-10-3-1-4-11-9(10)6-7-15(11)13(16)12-5-2-8-17-12/h1-5,8H,6-7,14H2. The smallest absolute Gasteiger partial charge is 0.268 e. The predicted octanol–water partition coefficient (Wildman–Crippen LogP) is 2.53. The summed E-state index contributed by atoms with van der Waals surface area (Å²) in [5.74, 6) is 0.0735. The zero-order chi connectivity index (χ0) is 11.8. The van der Waals surface area contributed by atoms with E-state index in [-0.39, 0.29) is 5.91 Å². The van der Waals surface area contributed by atoms with Crippen LogP contribution in [0.2, 0.25) is 0 Å². The van der Waals surface area contributed by atoms with Crippen molar-refractivity contribution in [3.63, 3.8) is 0 Å². The van der Waals surface area contributed by atoms with Crippen LogP contribution in [0.3, 0.4) is 0 Å². The van der Waals surface area contributed by atoms with E-state index < -0.39 is 0 Å². The number of benzene rings is 1. The Hall–Kier alpha value is -1.81. The topological polar surface area (TPSA) is 46.3 Å². The van der Waals surface area contributed by atoms with E-state index in [1.165, 1.54) is 11.3 Å². The molecule has 0 aliphatic carbocycles. The summed E-state index contributed by atoms with van der Waals surface area (Å²) in [6.45, 7) is 0.723. The lowest BCUT2D eigenvalue weighted by Gasteiger charge is -2.16. The average molecular weight is 244 g/mol. The van der Waals surface area contributed by atoms with Crippen LogP contribution >= 0.6 is 11.3 Å². The number of amides is 1. The molecule has 86 valence electrons. The van der Waals surface area contributed by atoms with E-state index in [9.17, 15) is 4.79 Å². The molecule has 0 spiro atoms. The second-order valence-electron chi connectivity index (χ2n) is 4.03. The molecule has 1 amide bonds. The molecule has 0 atom stereocenters. The molecule has 0 unspecified atom stereocenters. The molecule has 4 heteroatoms. The van der Waals surface area contributed by atoms with Crippen molar-refractivity contribution in [2.24, 2.45) is 0 Å². The third kappa shape index (κ3) is 1.61. The van der Waals surface area contributed by atoms with Gasteiger partial charge in [-0.25, -0.2) is 0 Å². The van der Waals surface area contributed by atoms with Crippen molar-refractivity contribution in [1.29, 1.82) is 0 Å². The first-order chi connectivity index (χ1) is 8.27. The van der Waals surface area contributed by atoms with Crippen LogP contribution in [0.25, 0.3) is 0 Å². The number of nitrogen functional groups attached to an aromatic ring is 1. The minimum atomic E-state index is 0.0735. The van der Waals surface area contributed by atoms with Crippen molar-refractivity contribution >= 4 is 28.6 Å². The fourth-order valence-corrected chi connectivity index (χ4v) is 2.88. The van der Waals surface area contributed by atoms with E-state index in [1.54, 1.807) is 0 Å². The quantitative estimate of drug-likeness (QED) is 0.783. The maximum atomic E-state index is 12.3. The van der Waals surface area contributed by atoms with Crippen molar-refractivity contribution in [3.05, 3.63) is 46.2 Å². The second-order valence-corrected chi connectivity index (χ2v) is 4.98. The zero-order valence-electron chi connectivity index (χ0n) is 9.22. The van der Waals surface area contributed by atoms with Gasteiger partial charge in [-0.15, -0.1) is 11.3 Å². The number of hydrogen-bond acceptors (Lipinski definition) is 3. The summed E-state index contributed by atoms with van der Waals surface area (Å²) >= 11 is 1.47. The van der Waals surface area contributed by atoms with Gasteiger partial charge in [0.05, 0.1) is 4.88 Å². The molecule has 17 heavy (non-hydrogen) atoms. The highest BCUT2D eigenvalue weighted by Crippen LogP contribution is 2.33. The first kappa shape index (κ1) is 10.4. The van der Waals surface area contributed by atoms with Crippen molar-refractivity contribution < 1.29 is 4.79 Å². The molecule has 3 rings (SSSR count). The van der Waals surface area contributed by atoms with Gasteiger partial charge >= 0.3 is 0 Å². The Morgan fingerprint density at radius 3 is 2.94 bits per heavy atom. The number of rotatable bonds is 1. The number of carbonyl (C=O) groups is 1. The largest absolute Gasteiger partial charge is 0.398 e. The molecule has 0 fully saturated rings.